The number of hydrogen-bond acceptors (Lipinski definition) is 4. The van der Waals surface area contributed by atoms with E-state index in [2.05, 4.69) is 9.78 Å². The normalized spacial score (nSPS) is 10.8. The van der Waals surface area contributed by atoms with Crippen LogP contribution in [0.25, 0.3) is 0 Å². The lowest BCUT2D eigenvalue weighted by Gasteiger charge is -2.14. The second-order valence-corrected chi connectivity index (χ2v) is 2.47. The van der Waals surface area contributed by atoms with E-state index in [1.165, 1.54) is 13.8 Å². The van der Waals surface area contributed by atoms with E-state index < -0.39 is 17.4 Å². The second-order valence-electron chi connectivity index (χ2n) is 2.47. The Morgan fingerprint density at radius 1 is 1.36 bits per heavy atom. The lowest BCUT2D eigenvalue weighted by Crippen LogP contribution is -2.34. The third-order valence-corrected chi connectivity index (χ3v) is 1.20. The van der Waals surface area contributed by atoms with E-state index in [0.29, 0.717) is 0 Å². The van der Waals surface area contributed by atoms with Crippen LogP contribution in [0.3, 0.4) is 0 Å². The fraction of sp³-hybridized carbons (Fsp3) is 0.667. The van der Waals surface area contributed by atoms with Crippen molar-refractivity contribution in [2.45, 2.75) is 13.8 Å². The van der Waals surface area contributed by atoms with Crippen molar-refractivity contribution in [2.75, 3.05) is 7.11 Å². The molecule has 0 heterocycles. The molecule has 0 aromatic rings. The third-order valence-electron chi connectivity index (χ3n) is 1.20. The van der Waals surface area contributed by atoms with Crippen molar-refractivity contribution in [1.29, 1.82) is 0 Å². The maximum atomic E-state index is 10.8. The van der Waals surface area contributed by atoms with E-state index >= 15 is 0 Å². The molecule has 0 aliphatic carbocycles. The summed E-state index contributed by atoms with van der Waals surface area (Å²) in [4.78, 5) is 29.2. The maximum absolute atomic E-state index is 10.8. The van der Waals surface area contributed by atoms with Gasteiger partial charge in [0.25, 0.3) is 0 Å². The van der Waals surface area contributed by atoms with Gasteiger partial charge in [0.15, 0.2) is 5.41 Å². The molecule has 0 radical (unpaired) electrons. The van der Waals surface area contributed by atoms with E-state index in [1.807, 2.05) is 0 Å². The predicted octanol–water partition coefficient (Wildman–Crippen LogP) is 0.202. The first-order chi connectivity index (χ1) is 4.92. The molecule has 1 N–H and O–H groups in total. The third kappa shape index (κ3) is 2.19. The van der Waals surface area contributed by atoms with Gasteiger partial charge in [-0.3, -0.25) is 9.68 Å². The molecule has 0 aliphatic rings. The SMILES string of the molecule is COOC(=O)C(C)(C)C(=O)O. The summed E-state index contributed by atoms with van der Waals surface area (Å²) in [5.41, 5.74) is -1.56. The van der Waals surface area contributed by atoms with Gasteiger partial charge in [0, 0.05) is 0 Å². The van der Waals surface area contributed by atoms with Gasteiger partial charge in [-0.2, -0.15) is 4.89 Å². The highest BCUT2D eigenvalue weighted by Crippen LogP contribution is 2.16. The van der Waals surface area contributed by atoms with Crippen LogP contribution in [-0.2, 0) is 19.4 Å². The van der Waals surface area contributed by atoms with Crippen LogP contribution in [0.5, 0.6) is 0 Å². The average Bonchev–Trinajstić information content (AvgIpc) is 1.88. The van der Waals surface area contributed by atoms with Crippen LogP contribution in [0.15, 0.2) is 0 Å². The van der Waals surface area contributed by atoms with Crippen molar-refractivity contribution in [2.24, 2.45) is 5.41 Å². The maximum Gasteiger partial charge on any atom is 0.358 e. The van der Waals surface area contributed by atoms with Crippen molar-refractivity contribution in [3.63, 3.8) is 0 Å². The zero-order valence-electron chi connectivity index (χ0n) is 6.58. The van der Waals surface area contributed by atoms with Crippen LogP contribution in [0.1, 0.15) is 13.8 Å². The van der Waals surface area contributed by atoms with Crippen LogP contribution in [0.2, 0.25) is 0 Å². The number of carboxylic acids is 1. The van der Waals surface area contributed by atoms with Gasteiger partial charge in [-0.25, -0.2) is 4.79 Å². The summed E-state index contributed by atoms with van der Waals surface area (Å²) < 4.78 is 0. The fourth-order valence-electron chi connectivity index (χ4n) is 0.267. The van der Waals surface area contributed by atoms with Crippen LogP contribution in [0, 0.1) is 5.41 Å². The summed E-state index contributed by atoms with van der Waals surface area (Å²) in [5.74, 6) is -2.17. The van der Waals surface area contributed by atoms with Gasteiger partial charge in [0.1, 0.15) is 0 Å². The Labute approximate surface area is 63.8 Å². The van der Waals surface area contributed by atoms with Gasteiger partial charge < -0.3 is 5.11 Å². The van der Waals surface area contributed by atoms with E-state index in [-0.39, 0.29) is 0 Å². The lowest BCUT2D eigenvalue weighted by molar-refractivity contribution is -0.263. The first-order valence-electron chi connectivity index (χ1n) is 2.91. The molecule has 0 aromatic heterocycles. The Morgan fingerprint density at radius 2 is 1.82 bits per heavy atom. The summed E-state index contributed by atoms with van der Waals surface area (Å²) in [6.07, 6.45) is 0. The molecule has 0 amide bonds. The summed E-state index contributed by atoms with van der Waals surface area (Å²) in [6, 6.07) is 0. The molecule has 0 rings (SSSR count). The first kappa shape index (κ1) is 9.90. The van der Waals surface area contributed by atoms with Crippen LogP contribution < -0.4 is 0 Å². The quantitative estimate of drug-likeness (QED) is 0.364. The van der Waals surface area contributed by atoms with Crippen LogP contribution in [0.4, 0.5) is 0 Å². The minimum atomic E-state index is -1.56. The molecule has 0 saturated carbocycles. The molecule has 5 heteroatoms. The van der Waals surface area contributed by atoms with E-state index in [1.54, 1.807) is 0 Å². The zero-order valence-corrected chi connectivity index (χ0v) is 6.58. The van der Waals surface area contributed by atoms with Gasteiger partial charge >= 0.3 is 11.9 Å². The monoisotopic (exact) mass is 162 g/mol. The first-order valence-corrected chi connectivity index (χ1v) is 2.91. The predicted molar refractivity (Wildman–Crippen MR) is 34.5 cm³/mol. The minimum Gasteiger partial charge on any atom is -0.480 e. The Morgan fingerprint density at radius 3 is 2.09 bits per heavy atom. The molecule has 0 atom stereocenters. The molecule has 0 fully saturated rings. The molecule has 11 heavy (non-hydrogen) atoms. The standard InChI is InChI=1S/C6H10O5/c1-6(2,4(7)8)5(9)11-10-3/h1-3H3,(H,7,8). The van der Waals surface area contributed by atoms with Crippen molar-refractivity contribution in [3.05, 3.63) is 0 Å². The lowest BCUT2D eigenvalue weighted by atomic mass is 9.94. The number of hydrogen-bond donors (Lipinski definition) is 1. The smallest absolute Gasteiger partial charge is 0.358 e. The summed E-state index contributed by atoms with van der Waals surface area (Å²) in [6.45, 7) is 2.47. The summed E-state index contributed by atoms with van der Waals surface area (Å²) >= 11 is 0. The second kappa shape index (κ2) is 3.34. The van der Waals surface area contributed by atoms with Crippen molar-refractivity contribution < 1.29 is 24.5 Å². The number of carboxylic acid groups (broad SMARTS) is 1. The Balaban J connectivity index is 4.30. The largest absolute Gasteiger partial charge is 0.480 e. The topological polar surface area (TPSA) is 72.8 Å². The fourth-order valence-corrected chi connectivity index (χ4v) is 0.267. The highest BCUT2D eigenvalue weighted by molar-refractivity contribution is 5.97. The molecular formula is C6H10O5. The number of aliphatic carboxylic acids is 1. The van der Waals surface area contributed by atoms with Gasteiger partial charge in [-0.05, 0) is 13.8 Å². The highest BCUT2D eigenvalue weighted by atomic mass is 17.2. The molecular weight excluding hydrogens is 152 g/mol. The highest BCUT2D eigenvalue weighted by Gasteiger charge is 2.38. The van der Waals surface area contributed by atoms with Gasteiger partial charge in [-0.1, -0.05) is 0 Å². The minimum absolute atomic E-state index is 0.924. The van der Waals surface area contributed by atoms with Gasteiger partial charge in [-0.15, -0.1) is 0 Å². The number of carbonyl (C=O) groups is 2. The van der Waals surface area contributed by atoms with Crippen LogP contribution in [-0.4, -0.2) is 24.2 Å². The Bertz CT molecular complexity index is 172. The molecule has 0 unspecified atom stereocenters. The van der Waals surface area contributed by atoms with Crippen LogP contribution >= 0.6 is 0 Å². The molecule has 0 aliphatic heterocycles. The molecule has 0 bridgehead atoms. The average molecular weight is 162 g/mol. The molecule has 0 spiro atoms. The molecule has 0 aromatic carbocycles. The summed E-state index contributed by atoms with van der Waals surface area (Å²) in [5, 5.41) is 8.48. The van der Waals surface area contributed by atoms with Crippen molar-refractivity contribution in [1.82, 2.24) is 0 Å². The molecule has 64 valence electrons. The van der Waals surface area contributed by atoms with E-state index in [4.69, 9.17) is 5.11 Å². The van der Waals surface area contributed by atoms with Crippen molar-refractivity contribution >= 4 is 11.9 Å². The number of carbonyl (C=O) groups excluding carboxylic acids is 1. The van der Waals surface area contributed by atoms with Crippen molar-refractivity contribution in [3.8, 4) is 0 Å². The van der Waals surface area contributed by atoms with Gasteiger partial charge in [0.2, 0.25) is 0 Å². The summed E-state index contributed by atoms with van der Waals surface area (Å²) in [7, 11) is 1.13. The zero-order chi connectivity index (χ0) is 9.07. The van der Waals surface area contributed by atoms with E-state index in [9.17, 15) is 9.59 Å². The van der Waals surface area contributed by atoms with E-state index in [0.717, 1.165) is 7.11 Å². The molecule has 5 nitrogen and oxygen atoms in total. The number of rotatable bonds is 3. The Hall–Kier alpha value is -1.10. The molecule has 0 saturated heterocycles. The van der Waals surface area contributed by atoms with Gasteiger partial charge in [0.05, 0.1) is 7.11 Å². The Kier molecular flexibility index (Phi) is 3.00.